The predicted molar refractivity (Wildman–Crippen MR) is 132 cm³/mol. The molecule has 198 valence electrons. The van der Waals surface area contributed by atoms with Gasteiger partial charge < -0.3 is 40.9 Å². The van der Waals surface area contributed by atoms with Crippen molar-refractivity contribution in [3.63, 3.8) is 0 Å². The lowest BCUT2D eigenvalue weighted by Crippen LogP contribution is -2.51. The van der Waals surface area contributed by atoms with Crippen molar-refractivity contribution in [2.24, 2.45) is 0 Å². The molecule has 0 bridgehead atoms. The number of aliphatic carboxylic acids is 3. The van der Waals surface area contributed by atoms with E-state index in [0.717, 1.165) is 10.8 Å². The van der Waals surface area contributed by atoms with E-state index in [1.165, 1.54) is 4.90 Å². The van der Waals surface area contributed by atoms with Crippen LogP contribution in [0.2, 0.25) is 0 Å². The first kappa shape index (κ1) is 29.1. The van der Waals surface area contributed by atoms with E-state index in [-0.39, 0.29) is 31.6 Å². The van der Waals surface area contributed by atoms with Gasteiger partial charge in [0.05, 0.1) is 0 Å². The summed E-state index contributed by atoms with van der Waals surface area (Å²) in [4.78, 5) is 59.5. The molecule has 2 aromatic carbocycles. The highest BCUT2D eigenvalue weighted by atomic mass is 16.4. The monoisotopic (exact) mass is 517 g/mol. The van der Waals surface area contributed by atoms with Gasteiger partial charge in [0.1, 0.15) is 12.1 Å². The van der Waals surface area contributed by atoms with Crippen LogP contribution in [0.3, 0.4) is 0 Å². The second-order valence-electron chi connectivity index (χ2n) is 8.34. The van der Waals surface area contributed by atoms with Crippen molar-refractivity contribution in [3.8, 4) is 0 Å². The van der Waals surface area contributed by atoms with Gasteiger partial charge in [0.2, 0.25) is 5.91 Å². The van der Waals surface area contributed by atoms with Crippen molar-refractivity contribution in [1.82, 2.24) is 10.6 Å². The zero-order valence-corrected chi connectivity index (χ0v) is 20.0. The average Bonchev–Trinajstić information content (AvgIpc) is 2.84. The van der Waals surface area contributed by atoms with Crippen LogP contribution < -0.4 is 21.0 Å². The lowest BCUT2D eigenvalue weighted by atomic mass is 9.79. The van der Waals surface area contributed by atoms with Crippen molar-refractivity contribution < 1.29 is 49.3 Å². The van der Waals surface area contributed by atoms with Crippen LogP contribution in [0, 0.1) is 0 Å². The molecule has 0 aliphatic carbocycles. The third-order valence-electron chi connectivity index (χ3n) is 5.64. The number of carbonyl (C=O) groups excluding carboxylic acids is 2. The summed E-state index contributed by atoms with van der Waals surface area (Å²) in [5, 5.41) is 51.5. The van der Waals surface area contributed by atoms with Gasteiger partial charge in [-0.15, -0.1) is 0 Å². The first-order valence-corrected chi connectivity index (χ1v) is 11.3. The number of rotatable bonds is 13. The molecular weight excluding hydrogens is 489 g/mol. The molecule has 0 saturated heterocycles. The van der Waals surface area contributed by atoms with Crippen molar-refractivity contribution in [2.45, 2.75) is 44.2 Å². The molecule has 14 heteroatoms. The van der Waals surface area contributed by atoms with E-state index in [9.17, 15) is 39.1 Å². The highest BCUT2D eigenvalue weighted by Gasteiger charge is 2.25. The summed E-state index contributed by atoms with van der Waals surface area (Å²) in [6, 6.07) is 6.03. The Morgan fingerprint density at radius 1 is 0.838 bits per heavy atom. The lowest BCUT2D eigenvalue weighted by Gasteiger charge is -2.20. The first-order valence-electron chi connectivity index (χ1n) is 11.3. The van der Waals surface area contributed by atoms with Crippen molar-refractivity contribution >= 4 is 58.9 Å². The van der Waals surface area contributed by atoms with Gasteiger partial charge in [-0.3, -0.25) is 9.59 Å². The Hall–Kier alpha value is -4.17. The molecule has 0 unspecified atom stereocenters. The number of nitrogens with one attached hydrogen (secondary N) is 2. The maximum absolute atomic E-state index is 12.6. The normalized spacial score (nSPS) is 12.3. The van der Waals surface area contributed by atoms with Gasteiger partial charge in [-0.05, 0) is 47.6 Å². The number of hydrogen-bond donors (Lipinski definition) is 7. The van der Waals surface area contributed by atoms with E-state index in [1.807, 2.05) is 5.32 Å². The highest BCUT2D eigenvalue weighted by molar-refractivity contribution is 6.58. The van der Waals surface area contributed by atoms with Gasteiger partial charge in [-0.2, -0.15) is 0 Å². The van der Waals surface area contributed by atoms with Crippen LogP contribution in [0.15, 0.2) is 36.4 Å². The van der Waals surface area contributed by atoms with Crippen LogP contribution in [-0.2, 0) is 19.2 Å². The van der Waals surface area contributed by atoms with Crippen LogP contribution in [0.25, 0.3) is 10.8 Å². The highest BCUT2D eigenvalue weighted by Crippen LogP contribution is 2.22. The van der Waals surface area contributed by atoms with E-state index in [4.69, 9.17) is 10.2 Å². The molecule has 0 heterocycles. The second-order valence-corrected chi connectivity index (χ2v) is 8.34. The minimum atomic E-state index is -1.60. The molecule has 0 aromatic heterocycles. The van der Waals surface area contributed by atoms with Gasteiger partial charge in [0.25, 0.3) is 0 Å². The fourth-order valence-corrected chi connectivity index (χ4v) is 3.53. The number of anilines is 1. The number of hydrogen-bond acceptors (Lipinski definition) is 7. The van der Waals surface area contributed by atoms with E-state index >= 15 is 0 Å². The Balaban J connectivity index is 1.92. The molecule has 0 aliphatic heterocycles. The number of urea groups is 1. The Morgan fingerprint density at radius 2 is 1.41 bits per heavy atom. The van der Waals surface area contributed by atoms with Crippen molar-refractivity contribution in [1.29, 1.82) is 0 Å². The number of amides is 3. The summed E-state index contributed by atoms with van der Waals surface area (Å²) in [5.74, 6) is -4.40. The molecule has 3 amide bonds. The van der Waals surface area contributed by atoms with E-state index in [0.29, 0.717) is 11.2 Å². The summed E-state index contributed by atoms with van der Waals surface area (Å²) in [5.41, 5.74) is 0.904. The Kier molecular flexibility index (Phi) is 10.4. The van der Waals surface area contributed by atoms with Crippen LogP contribution in [-0.4, -0.2) is 81.5 Å². The molecular formula is C23H28BN3O10. The fourth-order valence-electron chi connectivity index (χ4n) is 3.53. The molecule has 2 rings (SSSR count). The van der Waals surface area contributed by atoms with Gasteiger partial charge in [-0.25, -0.2) is 14.4 Å². The van der Waals surface area contributed by atoms with Crippen LogP contribution in [0.4, 0.5) is 10.5 Å². The standard InChI is InChI=1S/C23H28BN3O10/c1-27(16-8-6-13-11-15(24(36)37)7-5-14(13)12-16)19(28)4-2-3-17(21(31)32)25-23(35)26-18(22(33)34)9-10-20(29)30/h5-8,11-12,17-18,36-37H,2-4,9-10H2,1H3,(H,29,30)(H,31,32)(H,33,34)(H2,25,26,35)/t17-,18-/m0/s1. The predicted octanol–water partition coefficient (Wildman–Crippen LogP) is -0.277. The quantitative estimate of drug-likeness (QED) is 0.173. The summed E-state index contributed by atoms with van der Waals surface area (Å²) in [6.45, 7) is 0. The van der Waals surface area contributed by atoms with Crippen molar-refractivity contribution in [2.75, 3.05) is 11.9 Å². The first-order chi connectivity index (χ1) is 17.4. The fraction of sp³-hybridized carbons (Fsp3) is 0.348. The summed E-state index contributed by atoms with van der Waals surface area (Å²) in [7, 11) is -0.0436. The minimum absolute atomic E-state index is 0.0341. The minimum Gasteiger partial charge on any atom is -0.481 e. The third-order valence-corrected chi connectivity index (χ3v) is 5.64. The van der Waals surface area contributed by atoms with E-state index in [1.54, 1.807) is 43.4 Å². The SMILES string of the molecule is CN(C(=O)CCC[C@H](NC(=O)N[C@@H](CCC(=O)O)C(=O)O)C(=O)O)c1ccc2cc(B(O)O)ccc2c1. The molecule has 2 atom stereocenters. The summed E-state index contributed by atoms with van der Waals surface area (Å²) < 4.78 is 0. The molecule has 0 spiro atoms. The van der Waals surface area contributed by atoms with Crippen LogP contribution in [0.5, 0.6) is 0 Å². The molecule has 7 N–H and O–H groups in total. The Labute approximate surface area is 211 Å². The van der Waals surface area contributed by atoms with Gasteiger partial charge in [0.15, 0.2) is 0 Å². The molecule has 0 saturated carbocycles. The molecule has 0 fully saturated rings. The number of benzene rings is 2. The average molecular weight is 517 g/mol. The molecule has 0 radical (unpaired) electrons. The van der Waals surface area contributed by atoms with Gasteiger partial charge >= 0.3 is 31.1 Å². The molecule has 37 heavy (non-hydrogen) atoms. The van der Waals surface area contributed by atoms with E-state index < -0.39 is 49.6 Å². The Morgan fingerprint density at radius 3 is 1.97 bits per heavy atom. The second kappa shape index (κ2) is 13.2. The van der Waals surface area contributed by atoms with Gasteiger partial charge in [-0.1, -0.05) is 24.3 Å². The summed E-state index contributed by atoms with van der Waals surface area (Å²) >= 11 is 0. The third kappa shape index (κ3) is 8.77. The molecule has 0 aliphatic rings. The topological polar surface area (TPSA) is 214 Å². The molecule has 13 nitrogen and oxygen atoms in total. The maximum atomic E-state index is 12.6. The number of carboxylic acids is 3. The number of nitrogens with zero attached hydrogens (tertiary/aromatic N) is 1. The lowest BCUT2D eigenvalue weighted by molar-refractivity contribution is -0.140. The number of carbonyl (C=O) groups is 5. The van der Waals surface area contributed by atoms with E-state index in [2.05, 4.69) is 5.32 Å². The number of carboxylic acid groups (broad SMARTS) is 3. The molecule has 2 aromatic rings. The van der Waals surface area contributed by atoms with Crippen molar-refractivity contribution in [3.05, 3.63) is 36.4 Å². The Bertz CT molecular complexity index is 1170. The van der Waals surface area contributed by atoms with Crippen LogP contribution >= 0.6 is 0 Å². The van der Waals surface area contributed by atoms with Crippen LogP contribution in [0.1, 0.15) is 32.1 Å². The smallest absolute Gasteiger partial charge is 0.481 e. The zero-order valence-electron chi connectivity index (χ0n) is 20.0. The van der Waals surface area contributed by atoms with Gasteiger partial charge in [0, 0.05) is 25.6 Å². The largest absolute Gasteiger partial charge is 0.488 e. The zero-order chi connectivity index (χ0) is 27.7. The number of fused-ring (bicyclic) bond motifs is 1. The summed E-state index contributed by atoms with van der Waals surface area (Å²) in [6.07, 6.45) is -0.921. The maximum Gasteiger partial charge on any atom is 0.488 e.